The summed E-state index contributed by atoms with van der Waals surface area (Å²) in [5.74, 6) is 0.234. The van der Waals surface area contributed by atoms with Crippen molar-refractivity contribution >= 4 is 10.0 Å². The molecule has 0 radical (unpaired) electrons. The minimum Gasteiger partial charge on any atom is -0.473 e. The number of hydrogen-bond donors (Lipinski definition) is 1. The van der Waals surface area contributed by atoms with Crippen molar-refractivity contribution in [2.45, 2.75) is 30.6 Å². The molecule has 1 spiro atoms. The Bertz CT molecular complexity index is 705. The number of pyridine rings is 1. The van der Waals surface area contributed by atoms with Gasteiger partial charge >= 0.3 is 0 Å². The Morgan fingerprint density at radius 3 is 2.54 bits per heavy atom. The predicted molar refractivity (Wildman–Crippen MR) is 87.6 cm³/mol. The van der Waals surface area contributed by atoms with Crippen LogP contribution in [0.5, 0.6) is 5.88 Å². The van der Waals surface area contributed by atoms with Gasteiger partial charge < -0.3 is 10.5 Å². The molecule has 1 saturated carbocycles. The van der Waals surface area contributed by atoms with Gasteiger partial charge in [-0.2, -0.15) is 4.31 Å². The van der Waals surface area contributed by atoms with E-state index in [1.807, 2.05) is 0 Å². The summed E-state index contributed by atoms with van der Waals surface area (Å²) >= 11 is 0. The number of sulfonamides is 1. The van der Waals surface area contributed by atoms with Gasteiger partial charge in [-0.05, 0) is 37.2 Å². The molecule has 0 amide bonds. The molecule has 132 valence electrons. The largest absolute Gasteiger partial charge is 0.473 e. The Morgan fingerprint density at radius 1 is 1.33 bits per heavy atom. The molecule has 0 aromatic carbocycles. The van der Waals surface area contributed by atoms with Gasteiger partial charge in [0.25, 0.3) is 0 Å². The molecule has 6 nitrogen and oxygen atoms in total. The fourth-order valence-electron chi connectivity index (χ4n) is 2.93. The number of nitrogens with two attached hydrogens (primary N) is 1. The number of aromatic nitrogens is 1. The minimum atomic E-state index is -3.52. The number of nitrogens with zero attached hydrogens (tertiary/aromatic N) is 2. The van der Waals surface area contributed by atoms with Crippen LogP contribution >= 0.6 is 0 Å². The predicted octanol–water partition coefficient (Wildman–Crippen LogP) is 1.84. The normalized spacial score (nSPS) is 21.0. The van der Waals surface area contributed by atoms with Gasteiger partial charge in [0.2, 0.25) is 15.9 Å². The van der Waals surface area contributed by atoms with Crippen molar-refractivity contribution in [1.29, 1.82) is 0 Å². The Labute approximate surface area is 141 Å². The van der Waals surface area contributed by atoms with E-state index < -0.39 is 10.0 Å². The van der Waals surface area contributed by atoms with E-state index in [1.165, 1.54) is 35.5 Å². The second-order valence-corrected chi connectivity index (χ2v) is 8.43. The highest BCUT2D eigenvalue weighted by molar-refractivity contribution is 7.89. The zero-order chi connectivity index (χ0) is 17.2. The number of rotatable bonds is 6. The molecule has 0 unspecified atom stereocenters. The minimum absolute atomic E-state index is 0.0136. The fraction of sp³-hybridized carbons (Fsp3) is 0.562. The van der Waals surface area contributed by atoms with Gasteiger partial charge in [-0.25, -0.2) is 17.8 Å². The third-order valence-corrected chi connectivity index (χ3v) is 6.79. The molecule has 0 bridgehead atoms. The van der Waals surface area contributed by atoms with Crippen molar-refractivity contribution in [2.75, 3.05) is 26.2 Å². The van der Waals surface area contributed by atoms with Crippen LogP contribution < -0.4 is 10.5 Å². The van der Waals surface area contributed by atoms with Crippen molar-refractivity contribution in [1.82, 2.24) is 9.29 Å². The molecule has 8 heteroatoms. The van der Waals surface area contributed by atoms with Crippen LogP contribution in [0.15, 0.2) is 35.1 Å². The van der Waals surface area contributed by atoms with E-state index >= 15 is 0 Å². The van der Waals surface area contributed by atoms with E-state index in [0.717, 1.165) is 12.8 Å². The molecule has 24 heavy (non-hydrogen) atoms. The average molecular weight is 355 g/mol. The quantitative estimate of drug-likeness (QED) is 0.841. The van der Waals surface area contributed by atoms with Crippen LogP contribution in [-0.2, 0) is 10.0 Å². The highest BCUT2D eigenvalue weighted by Gasteiger charge is 2.46. The van der Waals surface area contributed by atoms with Gasteiger partial charge in [-0.15, -0.1) is 0 Å². The first kappa shape index (κ1) is 17.3. The molecule has 1 saturated heterocycles. The first-order valence-corrected chi connectivity index (χ1v) is 9.50. The van der Waals surface area contributed by atoms with E-state index in [4.69, 9.17) is 10.5 Å². The second kappa shape index (κ2) is 6.78. The van der Waals surface area contributed by atoms with E-state index in [1.54, 1.807) is 0 Å². The van der Waals surface area contributed by atoms with Crippen molar-refractivity contribution in [3.8, 4) is 5.88 Å². The Kier molecular flexibility index (Phi) is 4.89. The van der Waals surface area contributed by atoms with E-state index in [0.29, 0.717) is 30.4 Å². The summed E-state index contributed by atoms with van der Waals surface area (Å²) in [6.45, 7) is 1.18. The Balaban J connectivity index is 1.63. The Hall–Kier alpha value is -1.51. The molecule has 0 atom stereocenters. The summed E-state index contributed by atoms with van der Waals surface area (Å²) in [6.07, 6.45) is 6.03. The van der Waals surface area contributed by atoms with Gasteiger partial charge in [-0.3, -0.25) is 0 Å². The highest BCUT2D eigenvalue weighted by atomic mass is 32.2. The lowest BCUT2D eigenvalue weighted by molar-refractivity contribution is 0.258. The molecule has 1 aromatic rings. The molecule has 2 N–H and O–H groups in total. The van der Waals surface area contributed by atoms with Crippen molar-refractivity contribution in [3.05, 3.63) is 30.2 Å². The molecule has 1 aliphatic heterocycles. The molecule has 2 aliphatic rings. The van der Waals surface area contributed by atoms with Crippen LogP contribution in [0.3, 0.4) is 0 Å². The first-order chi connectivity index (χ1) is 11.5. The SMILES string of the molecule is NC/C(=C\F)COc1ccc(S(=O)(=O)N2CCC3(CC2)CC3)cn1. The molecule has 2 heterocycles. The maximum absolute atomic E-state index is 12.7. The number of hydrogen-bond acceptors (Lipinski definition) is 5. The molecule has 1 aromatic heterocycles. The van der Waals surface area contributed by atoms with Gasteiger partial charge in [0.15, 0.2) is 0 Å². The van der Waals surface area contributed by atoms with E-state index in [9.17, 15) is 12.8 Å². The van der Waals surface area contributed by atoms with E-state index in [2.05, 4.69) is 4.98 Å². The highest BCUT2D eigenvalue weighted by Crippen LogP contribution is 2.54. The smallest absolute Gasteiger partial charge is 0.244 e. The molecular formula is C16H22FN3O3S. The summed E-state index contributed by atoms with van der Waals surface area (Å²) in [5, 5.41) is 0. The molecule has 1 aliphatic carbocycles. The zero-order valence-electron chi connectivity index (χ0n) is 13.4. The average Bonchev–Trinajstić information content (AvgIpc) is 3.35. The third-order valence-electron chi connectivity index (χ3n) is 4.91. The summed E-state index contributed by atoms with van der Waals surface area (Å²) in [7, 11) is -3.52. The number of ether oxygens (including phenoxy) is 1. The topological polar surface area (TPSA) is 85.5 Å². The van der Waals surface area contributed by atoms with Crippen molar-refractivity contribution in [2.24, 2.45) is 11.1 Å². The van der Waals surface area contributed by atoms with Crippen molar-refractivity contribution in [3.63, 3.8) is 0 Å². The summed E-state index contributed by atoms with van der Waals surface area (Å²) < 4.78 is 44.6. The maximum Gasteiger partial charge on any atom is 0.244 e. The lowest BCUT2D eigenvalue weighted by Gasteiger charge is -2.31. The maximum atomic E-state index is 12.7. The van der Waals surface area contributed by atoms with Gasteiger partial charge in [0.05, 0.1) is 12.5 Å². The van der Waals surface area contributed by atoms with Crippen LogP contribution in [-0.4, -0.2) is 43.9 Å². The second-order valence-electron chi connectivity index (χ2n) is 6.50. The molecule has 3 rings (SSSR count). The van der Waals surface area contributed by atoms with Crippen LogP contribution in [0, 0.1) is 5.41 Å². The monoisotopic (exact) mass is 355 g/mol. The van der Waals surface area contributed by atoms with Crippen LogP contribution in [0.1, 0.15) is 25.7 Å². The standard InChI is InChI=1S/C16H22FN3O3S/c17-9-13(10-18)12-23-15-2-1-14(11-19-15)24(21,22)20-7-5-16(3-4-16)6-8-20/h1-2,9,11H,3-8,10,12,18H2/b13-9+. The molecular weight excluding hydrogens is 333 g/mol. The van der Waals surface area contributed by atoms with Crippen LogP contribution in [0.2, 0.25) is 0 Å². The lowest BCUT2D eigenvalue weighted by atomic mass is 9.95. The first-order valence-electron chi connectivity index (χ1n) is 8.06. The molecule has 2 fully saturated rings. The van der Waals surface area contributed by atoms with Gasteiger partial charge in [0, 0.05) is 31.3 Å². The van der Waals surface area contributed by atoms with E-state index in [-0.39, 0.29) is 23.9 Å². The summed E-state index contributed by atoms with van der Waals surface area (Å²) in [6, 6.07) is 2.95. The number of halogens is 1. The summed E-state index contributed by atoms with van der Waals surface area (Å²) in [5.41, 5.74) is 6.07. The van der Waals surface area contributed by atoms with Crippen LogP contribution in [0.4, 0.5) is 4.39 Å². The zero-order valence-corrected chi connectivity index (χ0v) is 14.3. The van der Waals surface area contributed by atoms with Gasteiger partial charge in [-0.1, -0.05) is 0 Å². The van der Waals surface area contributed by atoms with Crippen LogP contribution in [0.25, 0.3) is 0 Å². The Morgan fingerprint density at radius 2 is 2.04 bits per heavy atom. The van der Waals surface area contributed by atoms with Gasteiger partial charge in [0.1, 0.15) is 11.5 Å². The van der Waals surface area contributed by atoms with Crippen molar-refractivity contribution < 1.29 is 17.5 Å². The third kappa shape index (κ3) is 3.60. The fourth-order valence-corrected chi connectivity index (χ4v) is 4.32. The lowest BCUT2D eigenvalue weighted by Crippen LogP contribution is -2.39. The number of piperidine rings is 1. The summed E-state index contributed by atoms with van der Waals surface area (Å²) in [4.78, 5) is 4.16.